The summed E-state index contributed by atoms with van der Waals surface area (Å²) < 4.78 is 33.4. The van der Waals surface area contributed by atoms with E-state index in [0.717, 1.165) is 12.1 Å². The van der Waals surface area contributed by atoms with E-state index in [2.05, 4.69) is 31.7 Å². The van der Waals surface area contributed by atoms with Gasteiger partial charge in [0.05, 0.1) is 4.90 Å². The zero-order valence-electron chi connectivity index (χ0n) is 16.4. The number of aryl methyl sites for hydroxylation is 1. The molecule has 7 nitrogen and oxygen atoms in total. The van der Waals surface area contributed by atoms with Crippen molar-refractivity contribution in [2.24, 2.45) is 0 Å². The molecule has 3 aromatic rings. The molecule has 0 saturated heterocycles. The van der Waals surface area contributed by atoms with Gasteiger partial charge in [0.25, 0.3) is 15.9 Å². The zero-order chi connectivity index (χ0) is 20.7. The molecule has 29 heavy (non-hydrogen) atoms. The minimum Gasteiger partial charge on any atom is -0.474 e. The SMILES string of the molecule is Cc1ccc(S(=O)(=O)Nc2nccnc2OCCN(C)Cc2ccccc2)cc1. The largest absolute Gasteiger partial charge is 0.474 e. The molecule has 1 heterocycles. The van der Waals surface area contributed by atoms with Crippen molar-refractivity contribution in [3.05, 3.63) is 78.1 Å². The second kappa shape index (κ2) is 9.49. The highest BCUT2D eigenvalue weighted by molar-refractivity contribution is 7.92. The summed E-state index contributed by atoms with van der Waals surface area (Å²) in [4.78, 5) is 10.5. The Morgan fingerprint density at radius 3 is 2.41 bits per heavy atom. The fourth-order valence-electron chi connectivity index (χ4n) is 2.68. The van der Waals surface area contributed by atoms with Gasteiger partial charge in [0.2, 0.25) is 5.82 Å². The first-order valence-electron chi connectivity index (χ1n) is 9.20. The second-order valence-corrected chi connectivity index (χ2v) is 8.38. The molecule has 1 aromatic heterocycles. The highest BCUT2D eigenvalue weighted by atomic mass is 32.2. The highest BCUT2D eigenvalue weighted by Crippen LogP contribution is 2.22. The van der Waals surface area contributed by atoms with Crippen LogP contribution in [0.3, 0.4) is 0 Å². The predicted molar refractivity (Wildman–Crippen MR) is 112 cm³/mol. The van der Waals surface area contributed by atoms with Gasteiger partial charge in [-0.05, 0) is 31.7 Å². The fourth-order valence-corrected chi connectivity index (χ4v) is 3.68. The van der Waals surface area contributed by atoms with Crippen LogP contribution in [-0.2, 0) is 16.6 Å². The number of benzene rings is 2. The maximum atomic E-state index is 12.6. The lowest BCUT2D eigenvalue weighted by Gasteiger charge is -2.17. The van der Waals surface area contributed by atoms with Gasteiger partial charge >= 0.3 is 0 Å². The molecule has 0 aliphatic heterocycles. The number of ether oxygens (including phenoxy) is 1. The van der Waals surface area contributed by atoms with Gasteiger partial charge in [0.1, 0.15) is 6.61 Å². The quantitative estimate of drug-likeness (QED) is 0.581. The lowest BCUT2D eigenvalue weighted by Crippen LogP contribution is -2.24. The molecule has 3 rings (SSSR count). The first-order valence-corrected chi connectivity index (χ1v) is 10.7. The summed E-state index contributed by atoms with van der Waals surface area (Å²) in [5.74, 6) is 0.218. The molecule has 152 valence electrons. The molecule has 0 aliphatic rings. The predicted octanol–water partition coefficient (Wildman–Crippen LogP) is 3.10. The summed E-state index contributed by atoms with van der Waals surface area (Å²) in [6.45, 7) is 3.68. The van der Waals surface area contributed by atoms with Crippen molar-refractivity contribution in [3.8, 4) is 5.88 Å². The zero-order valence-corrected chi connectivity index (χ0v) is 17.3. The molecule has 1 N–H and O–H groups in total. The number of sulfonamides is 1. The Bertz CT molecular complexity index is 1030. The number of nitrogens with one attached hydrogen (secondary N) is 1. The Hall–Kier alpha value is -2.97. The third-order valence-corrected chi connectivity index (χ3v) is 5.59. The highest BCUT2D eigenvalue weighted by Gasteiger charge is 2.18. The lowest BCUT2D eigenvalue weighted by atomic mass is 10.2. The first-order chi connectivity index (χ1) is 13.9. The molecular weight excluding hydrogens is 388 g/mol. The molecular formula is C21H24N4O3S. The van der Waals surface area contributed by atoms with Gasteiger partial charge in [0, 0.05) is 25.5 Å². The van der Waals surface area contributed by atoms with Crippen LogP contribution in [0.1, 0.15) is 11.1 Å². The number of likely N-dealkylation sites (N-methyl/N-ethyl adjacent to an activating group) is 1. The number of nitrogens with zero attached hydrogens (tertiary/aromatic N) is 3. The topological polar surface area (TPSA) is 84.4 Å². The van der Waals surface area contributed by atoms with Crippen LogP contribution in [0, 0.1) is 6.92 Å². The summed E-state index contributed by atoms with van der Waals surface area (Å²) in [7, 11) is -1.78. The van der Waals surface area contributed by atoms with Crippen molar-refractivity contribution >= 4 is 15.8 Å². The van der Waals surface area contributed by atoms with Gasteiger partial charge in [-0.15, -0.1) is 0 Å². The molecule has 0 atom stereocenters. The number of anilines is 1. The van der Waals surface area contributed by atoms with Crippen LogP contribution in [0.25, 0.3) is 0 Å². The number of hydrogen-bond donors (Lipinski definition) is 1. The summed E-state index contributed by atoms with van der Waals surface area (Å²) in [6, 6.07) is 16.7. The van der Waals surface area contributed by atoms with Gasteiger partial charge in [-0.2, -0.15) is 0 Å². The molecule has 0 radical (unpaired) electrons. The van der Waals surface area contributed by atoms with Crippen LogP contribution in [-0.4, -0.2) is 43.5 Å². The molecule has 0 bridgehead atoms. The minimum absolute atomic E-state index is 0.0683. The van der Waals surface area contributed by atoms with Crippen LogP contribution in [0.15, 0.2) is 71.9 Å². The molecule has 0 fully saturated rings. The Labute approximate surface area is 171 Å². The summed E-state index contributed by atoms with van der Waals surface area (Å²) in [6.07, 6.45) is 2.88. The van der Waals surface area contributed by atoms with Crippen molar-refractivity contribution in [1.82, 2.24) is 14.9 Å². The van der Waals surface area contributed by atoms with E-state index in [-0.39, 0.29) is 16.6 Å². The summed E-state index contributed by atoms with van der Waals surface area (Å²) in [5, 5.41) is 0. The van der Waals surface area contributed by atoms with Gasteiger partial charge in [-0.25, -0.2) is 18.4 Å². The monoisotopic (exact) mass is 412 g/mol. The van der Waals surface area contributed by atoms with Gasteiger partial charge in [-0.1, -0.05) is 48.0 Å². The Morgan fingerprint density at radius 2 is 1.69 bits per heavy atom. The molecule has 0 amide bonds. The van der Waals surface area contributed by atoms with Crippen molar-refractivity contribution in [2.45, 2.75) is 18.4 Å². The van der Waals surface area contributed by atoms with Gasteiger partial charge in [0.15, 0.2) is 0 Å². The summed E-state index contributed by atoms with van der Waals surface area (Å²) in [5.41, 5.74) is 2.19. The number of rotatable bonds is 9. The number of aromatic nitrogens is 2. The lowest BCUT2D eigenvalue weighted by molar-refractivity contribution is 0.228. The van der Waals surface area contributed by atoms with E-state index in [1.165, 1.54) is 18.0 Å². The third-order valence-electron chi connectivity index (χ3n) is 4.23. The van der Waals surface area contributed by atoms with E-state index in [4.69, 9.17) is 4.74 Å². The van der Waals surface area contributed by atoms with Crippen LogP contribution < -0.4 is 9.46 Å². The molecule has 0 spiro atoms. The molecule has 2 aromatic carbocycles. The van der Waals surface area contributed by atoms with E-state index >= 15 is 0 Å². The van der Waals surface area contributed by atoms with Crippen LogP contribution >= 0.6 is 0 Å². The van der Waals surface area contributed by atoms with Gasteiger partial charge < -0.3 is 4.74 Å². The van der Waals surface area contributed by atoms with Crippen LogP contribution in [0.2, 0.25) is 0 Å². The summed E-state index contributed by atoms with van der Waals surface area (Å²) >= 11 is 0. The minimum atomic E-state index is -3.78. The van der Waals surface area contributed by atoms with Crippen molar-refractivity contribution in [1.29, 1.82) is 0 Å². The van der Waals surface area contributed by atoms with Crippen LogP contribution in [0.4, 0.5) is 5.82 Å². The normalized spacial score (nSPS) is 11.4. The van der Waals surface area contributed by atoms with Crippen molar-refractivity contribution in [3.63, 3.8) is 0 Å². The van der Waals surface area contributed by atoms with Crippen molar-refractivity contribution < 1.29 is 13.2 Å². The maximum Gasteiger partial charge on any atom is 0.263 e. The van der Waals surface area contributed by atoms with E-state index < -0.39 is 10.0 Å². The Kier molecular flexibility index (Phi) is 6.79. The van der Waals surface area contributed by atoms with Gasteiger partial charge in [-0.3, -0.25) is 9.62 Å². The molecule has 8 heteroatoms. The van der Waals surface area contributed by atoms with E-state index in [1.54, 1.807) is 24.3 Å². The average Bonchev–Trinajstić information content (AvgIpc) is 2.70. The van der Waals surface area contributed by atoms with Crippen molar-refractivity contribution in [2.75, 3.05) is 24.9 Å². The molecule has 0 saturated carbocycles. The standard InChI is InChI=1S/C21H24N4O3S/c1-17-8-10-19(11-9-17)29(26,27)24-20-21(23-13-12-22-20)28-15-14-25(2)16-18-6-4-3-5-7-18/h3-13H,14-16H2,1-2H3,(H,22,24). The first kappa shape index (κ1) is 20.8. The fraction of sp³-hybridized carbons (Fsp3) is 0.238. The smallest absolute Gasteiger partial charge is 0.263 e. The Balaban J connectivity index is 1.61. The van der Waals surface area contributed by atoms with E-state index in [9.17, 15) is 8.42 Å². The third kappa shape index (κ3) is 6.00. The average molecular weight is 413 g/mol. The molecule has 0 unspecified atom stereocenters. The number of hydrogen-bond acceptors (Lipinski definition) is 6. The van der Waals surface area contributed by atoms with Crippen LogP contribution in [0.5, 0.6) is 5.88 Å². The Morgan fingerprint density at radius 1 is 1.00 bits per heavy atom. The molecule has 0 aliphatic carbocycles. The van der Waals surface area contributed by atoms with E-state index in [1.807, 2.05) is 32.2 Å². The maximum absolute atomic E-state index is 12.6. The second-order valence-electron chi connectivity index (χ2n) is 6.70. The van der Waals surface area contributed by atoms with E-state index in [0.29, 0.717) is 13.2 Å².